The molecule has 180 valence electrons. The van der Waals surface area contributed by atoms with E-state index in [1.807, 2.05) is 0 Å². The fourth-order valence-corrected chi connectivity index (χ4v) is 5.87. The van der Waals surface area contributed by atoms with Crippen molar-refractivity contribution in [3.05, 3.63) is 52.5 Å². The lowest BCUT2D eigenvalue weighted by atomic mass is 10.1. The van der Waals surface area contributed by atoms with Crippen LogP contribution in [0.2, 0.25) is 10.0 Å². The highest BCUT2D eigenvalue weighted by molar-refractivity contribution is 7.89. The van der Waals surface area contributed by atoms with Gasteiger partial charge in [-0.15, -0.1) is 0 Å². The molecule has 1 amide bonds. The van der Waals surface area contributed by atoms with Crippen molar-refractivity contribution in [2.75, 3.05) is 18.8 Å². The van der Waals surface area contributed by atoms with Gasteiger partial charge in [-0.2, -0.15) is 0 Å². The molecule has 12 heteroatoms. The van der Waals surface area contributed by atoms with Gasteiger partial charge in [0.15, 0.2) is 0 Å². The second kappa shape index (κ2) is 11.8. The van der Waals surface area contributed by atoms with Gasteiger partial charge in [-0.05, 0) is 49.9 Å². The number of aromatic nitrogens is 2. The molecule has 0 aliphatic carbocycles. The summed E-state index contributed by atoms with van der Waals surface area (Å²) in [6.45, 7) is 0.575. The van der Waals surface area contributed by atoms with Crippen LogP contribution < -0.4 is 10.1 Å². The zero-order chi connectivity index (χ0) is 23.8. The molecule has 1 aliphatic heterocycles. The van der Waals surface area contributed by atoms with Gasteiger partial charge in [-0.1, -0.05) is 23.2 Å². The van der Waals surface area contributed by atoms with E-state index < -0.39 is 22.2 Å². The van der Waals surface area contributed by atoms with E-state index in [4.69, 9.17) is 33.0 Å². The third-order valence-electron chi connectivity index (χ3n) is 5.29. The molecular formula is C21H26Cl2N4O5S. The van der Waals surface area contributed by atoms with Crippen molar-refractivity contribution in [3.8, 4) is 5.75 Å². The predicted octanol–water partition coefficient (Wildman–Crippen LogP) is 3.62. The molecule has 1 fully saturated rings. The summed E-state index contributed by atoms with van der Waals surface area (Å²) in [6, 6.07) is 5.96. The number of ether oxygens (including phenoxy) is 1. The number of benzene rings is 1. The van der Waals surface area contributed by atoms with E-state index in [9.17, 15) is 13.2 Å². The van der Waals surface area contributed by atoms with Crippen LogP contribution in [0.25, 0.3) is 0 Å². The first-order valence-corrected chi connectivity index (χ1v) is 12.9. The third-order valence-corrected chi connectivity index (χ3v) is 7.80. The number of hydrogen-bond donors (Lipinski definition) is 2. The maximum atomic E-state index is 13.0. The minimum Gasteiger partial charge on any atom is -0.489 e. The molecule has 0 saturated carbocycles. The maximum absolute atomic E-state index is 13.0. The number of carbonyl (C=O) groups is 1. The van der Waals surface area contributed by atoms with Crippen molar-refractivity contribution < 1.29 is 23.1 Å². The summed E-state index contributed by atoms with van der Waals surface area (Å²) in [6.07, 6.45) is 4.30. The number of aryl methyl sites for hydroxylation is 1. The minimum atomic E-state index is -3.66. The van der Waals surface area contributed by atoms with Crippen LogP contribution in [-0.4, -0.2) is 64.9 Å². The van der Waals surface area contributed by atoms with E-state index in [-0.39, 0.29) is 24.9 Å². The first-order chi connectivity index (χ1) is 15.7. The van der Waals surface area contributed by atoms with E-state index in [1.54, 1.807) is 36.7 Å². The Bertz CT molecular complexity index is 1030. The molecule has 0 radical (unpaired) electrons. The van der Waals surface area contributed by atoms with Gasteiger partial charge >= 0.3 is 6.09 Å². The summed E-state index contributed by atoms with van der Waals surface area (Å²) in [5, 5.41) is 12.4. The van der Waals surface area contributed by atoms with E-state index in [2.05, 4.69) is 15.3 Å². The zero-order valence-corrected chi connectivity index (χ0v) is 20.2. The number of carboxylic acid groups (broad SMARTS) is 1. The second-order valence-electron chi connectivity index (χ2n) is 7.77. The number of hydrogen-bond acceptors (Lipinski definition) is 6. The van der Waals surface area contributed by atoms with Gasteiger partial charge < -0.3 is 15.2 Å². The lowest BCUT2D eigenvalue weighted by molar-refractivity contribution is 0.135. The third kappa shape index (κ3) is 7.99. The SMILES string of the molecule is O=C(O)N[C@H](CCCc1ncccn1)CS(=O)(=O)N1CCC(Oc2ccc(Cl)cc2Cl)CC1. The first kappa shape index (κ1) is 25.5. The summed E-state index contributed by atoms with van der Waals surface area (Å²) in [7, 11) is -3.66. The Morgan fingerprint density at radius 1 is 1.24 bits per heavy atom. The molecule has 2 heterocycles. The summed E-state index contributed by atoms with van der Waals surface area (Å²) in [4.78, 5) is 19.5. The molecule has 1 atom stereocenters. The zero-order valence-electron chi connectivity index (χ0n) is 17.9. The van der Waals surface area contributed by atoms with Crippen LogP contribution in [0, 0.1) is 0 Å². The lowest BCUT2D eigenvalue weighted by Crippen LogP contribution is -2.47. The van der Waals surface area contributed by atoms with E-state index in [0.717, 1.165) is 0 Å². The molecule has 0 spiro atoms. The van der Waals surface area contributed by atoms with Crippen molar-refractivity contribution in [2.45, 2.75) is 44.2 Å². The summed E-state index contributed by atoms with van der Waals surface area (Å²) in [5.74, 6) is 0.844. The van der Waals surface area contributed by atoms with Crippen LogP contribution in [0.15, 0.2) is 36.7 Å². The highest BCUT2D eigenvalue weighted by Gasteiger charge is 2.31. The van der Waals surface area contributed by atoms with Crippen LogP contribution in [0.1, 0.15) is 31.5 Å². The normalized spacial score (nSPS) is 16.3. The van der Waals surface area contributed by atoms with Crippen LogP contribution in [0.4, 0.5) is 4.79 Å². The number of piperidine rings is 1. The fraction of sp³-hybridized carbons (Fsp3) is 0.476. The molecule has 33 heavy (non-hydrogen) atoms. The molecule has 1 aromatic carbocycles. The van der Waals surface area contributed by atoms with Crippen molar-refractivity contribution in [1.29, 1.82) is 0 Å². The first-order valence-electron chi connectivity index (χ1n) is 10.6. The Labute approximate surface area is 203 Å². The standard InChI is InChI=1S/C21H26Cl2N4O5S/c22-15-5-6-19(18(23)13-15)32-17-7-11-27(12-8-17)33(30,31)14-16(26-21(28)29)3-1-4-20-24-9-2-10-25-20/h2,5-6,9-10,13,16-17,26H,1,3-4,7-8,11-12,14H2,(H,28,29)/t16-/m1/s1. The Hall–Kier alpha value is -2.14. The number of nitrogens with one attached hydrogen (secondary N) is 1. The van der Waals surface area contributed by atoms with Crippen LogP contribution in [0.3, 0.4) is 0 Å². The molecule has 0 unspecified atom stereocenters. The Kier molecular flexibility index (Phi) is 9.13. The Balaban J connectivity index is 1.52. The molecule has 1 aliphatic rings. The Morgan fingerprint density at radius 2 is 1.94 bits per heavy atom. The van der Waals surface area contributed by atoms with Crippen molar-refractivity contribution >= 4 is 39.3 Å². The summed E-state index contributed by atoms with van der Waals surface area (Å²) in [5.41, 5.74) is 0. The Morgan fingerprint density at radius 3 is 2.58 bits per heavy atom. The van der Waals surface area contributed by atoms with Gasteiger partial charge in [0.25, 0.3) is 0 Å². The van der Waals surface area contributed by atoms with E-state index in [1.165, 1.54) is 4.31 Å². The monoisotopic (exact) mass is 516 g/mol. The number of halogens is 2. The summed E-state index contributed by atoms with van der Waals surface area (Å²) < 4.78 is 33.2. The van der Waals surface area contributed by atoms with Gasteiger partial charge in [-0.3, -0.25) is 0 Å². The molecule has 3 rings (SSSR count). The number of amides is 1. The molecule has 2 N–H and O–H groups in total. The second-order valence-corrected chi connectivity index (χ2v) is 10.6. The number of sulfonamides is 1. The van der Waals surface area contributed by atoms with Crippen molar-refractivity contribution in [2.24, 2.45) is 0 Å². The number of rotatable bonds is 10. The van der Waals surface area contributed by atoms with Crippen molar-refractivity contribution in [3.63, 3.8) is 0 Å². The van der Waals surface area contributed by atoms with Crippen LogP contribution in [-0.2, 0) is 16.4 Å². The van der Waals surface area contributed by atoms with Crippen molar-refractivity contribution in [1.82, 2.24) is 19.6 Å². The maximum Gasteiger partial charge on any atom is 0.404 e. The van der Waals surface area contributed by atoms with Crippen LogP contribution >= 0.6 is 23.2 Å². The summed E-state index contributed by atoms with van der Waals surface area (Å²) >= 11 is 12.1. The largest absolute Gasteiger partial charge is 0.489 e. The molecule has 9 nitrogen and oxygen atoms in total. The van der Waals surface area contributed by atoms with Gasteiger partial charge in [0.1, 0.15) is 17.7 Å². The van der Waals surface area contributed by atoms with Gasteiger partial charge in [0.05, 0.1) is 10.8 Å². The molecule has 0 bridgehead atoms. The minimum absolute atomic E-state index is 0.172. The van der Waals surface area contributed by atoms with E-state index >= 15 is 0 Å². The van der Waals surface area contributed by atoms with Gasteiger partial charge in [0, 0.05) is 43.0 Å². The quantitative estimate of drug-likeness (QED) is 0.494. The van der Waals surface area contributed by atoms with Gasteiger partial charge in [-0.25, -0.2) is 27.5 Å². The number of nitrogens with zero attached hydrogens (tertiary/aromatic N) is 3. The molecule has 2 aromatic rings. The fourth-order valence-electron chi connectivity index (χ4n) is 3.68. The molecule has 1 aromatic heterocycles. The molecular weight excluding hydrogens is 491 g/mol. The average molecular weight is 517 g/mol. The lowest BCUT2D eigenvalue weighted by Gasteiger charge is -2.32. The van der Waals surface area contributed by atoms with E-state index in [0.29, 0.717) is 53.7 Å². The average Bonchev–Trinajstić information content (AvgIpc) is 2.76. The topological polar surface area (TPSA) is 122 Å². The molecule has 1 saturated heterocycles. The predicted molar refractivity (Wildman–Crippen MR) is 125 cm³/mol. The van der Waals surface area contributed by atoms with Crippen LogP contribution in [0.5, 0.6) is 5.75 Å². The smallest absolute Gasteiger partial charge is 0.404 e. The highest BCUT2D eigenvalue weighted by Crippen LogP contribution is 2.30. The van der Waals surface area contributed by atoms with Gasteiger partial charge in [0.2, 0.25) is 10.0 Å². The highest BCUT2D eigenvalue weighted by atomic mass is 35.5.